The summed E-state index contributed by atoms with van der Waals surface area (Å²) in [4.78, 5) is 22.6. The molecule has 0 fully saturated rings. The molecule has 0 saturated heterocycles. The Bertz CT molecular complexity index is 605. The zero-order valence-electron chi connectivity index (χ0n) is 10.8. The van der Waals surface area contributed by atoms with Crippen molar-refractivity contribution in [1.82, 2.24) is 0 Å². The van der Waals surface area contributed by atoms with E-state index in [9.17, 15) is 9.59 Å². The summed E-state index contributed by atoms with van der Waals surface area (Å²) < 4.78 is 5.13. The van der Waals surface area contributed by atoms with Crippen LogP contribution in [0.3, 0.4) is 0 Å². The van der Waals surface area contributed by atoms with E-state index >= 15 is 0 Å². The van der Waals surface area contributed by atoms with Gasteiger partial charge in [0, 0.05) is 6.42 Å². The van der Waals surface area contributed by atoms with Gasteiger partial charge in [0.2, 0.25) is 0 Å². The Morgan fingerprint density at radius 2 is 1.65 bits per heavy atom. The number of hydrogen-bond acceptors (Lipinski definition) is 3. The monoisotopic (exact) mass is 270 g/mol. The van der Waals surface area contributed by atoms with Gasteiger partial charge in [-0.15, -0.1) is 0 Å². The van der Waals surface area contributed by atoms with Gasteiger partial charge >= 0.3 is 11.9 Å². The Kier molecular flexibility index (Phi) is 4.50. The maximum absolute atomic E-state index is 11.8. The topological polar surface area (TPSA) is 63.6 Å². The Balaban J connectivity index is 1.92. The number of ether oxygens (including phenoxy) is 1. The molecule has 0 aliphatic carbocycles. The molecule has 0 atom stereocenters. The number of carbonyl (C=O) groups is 2. The summed E-state index contributed by atoms with van der Waals surface area (Å²) in [6, 6.07) is 15.5. The molecule has 0 aromatic heterocycles. The third-order valence-electron chi connectivity index (χ3n) is 2.81. The fourth-order valence-electron chi connectivity index (χ4n) is 1.77. The second-order valence-electron chi connectivity index (χ2n) is 4.26. The molecule has 0 unspecified atom stereocenters. The van der Waals surface area contributed by atoms with Gasteiger partial charge in [0.15, 0.2) is 0 Å². The smallest absolute Gasteiger partial charge is 0.338 e. The van der Waals surface area contributed by atoms with Gasteiger partial charge in [-0.05, 0) is 23.8 Å². The van der Waals surface area contributed by atoms with Crippen molar-refractivity contribution in [3.8, 4) is 0 Å². The largest absolute Gasteiger partial charge is 0.478 e. The minimum atomic E-state index is -1.07. The van der Waals surface area contributed by atoms with Crippen molar-refractivity contribution in [1.29, 1.82) is 0 Å². The van der Waals surface area contributed by atoms with E-state index in [4.69, 9.17) is 9.84 Å². The number of carboxylic acids is 1. The lowest BCUT2D eigenvalue weighted by molar-refractivity contribution is 0.0509. The Morgan fingerprint density at radius 3 is 2.35 bits per heavy atom. The zero-order chi connectivity index (χ0) is 14.4. The van der Waals surface area contributed by atoms with Crippen LogP contribution in [0.2, 0.25) is 0 Å². The number of carboxylic acid groups (broad SMARTS) is 1. The fourth-order valence-corrected chi connectivity index (χ4v) is 1.77. The second kappa shape index (κ2) is 6.52. The molecule has 2 rings (SSSR count). The van der Waals surface area contributed by atoms with Crippen molar-refractivity contribution in [2.75, 3.05) is 6.61 Å². The normalized spacial score (nSPS) is 10.0. The van der Waals surface area contributed by atoms with Crippen LogP contribution in [0, 0.1) is 0 Å². The van der Waals surface area contributed by atoms with Crippen molar-refractivity contribution in [2.45, 2.75) is 6.42 Å². The molecule has 20 heavy (non-hydrogen) atoms. The van der Waals surface area contributed by atoms with Gasteiger partial charge in [-0.2, -0.15) is 0 Å². The summed E-state index contributed by atoms with van der Waals surface area (Å²) in [5.74, 6) is -1.58. The van der Waals surface area contributed by atoms with Crippen molar-refractivity contribution in [2.24, 2.45) is 0 Å². The summed E-state index contributed by atoms with van der Waals surface area (Å²) in [7, 11) is 0. The molecule has 0 aliphatic heterocycles. The lowest BCUT2D eigenvalue weighted by Crippen LogP contribution is -2.09. The lowest BCUT2D eigenvalue weighted by Gasteiger charge is -2.05. The molecular formula is C16H14O4. The summed E-state index contributed by atoms with van der Waals surface area (Å²) in [6.07, 6.45) is 0.630. The highest BCUT2D eigenvalue weighted by Gasteiger charge is 2.10. The van der Waals surface area contributed by atoms with Gasteiger partial charge in [0.05, 0.1) is 17.7 Å². The predicted molar refractivity (Wildman–Crippen MR) is 73.8 cm³/mol. The number of rotatable bonds is 5. The number of hydrogen-bond donors (Lipinski definition) is 1. The van der Waals surface area contributed by atoms with E-state index in [1.54, 1.807) is 0 Å². The predicted octanol–water partition coefficient (Wildman–Crippen LogP) is 2.78. The van der Waals surface area contributed by atoms with Gasteiger partial charge in [0.25, 0.3) is 0 Å². The van der Waals surface area contributed by atoms with Crippen molar-refractivity contribution in [3.05, 3.63) is 71.3 Å². The van der Waals surface area contributed by atoms with Crippen LogP contribution in [-0.4, -0.2) is 23.7 Å². The van der Waals surface area contributed by atoms with Crippen LogP contribution in [0.1, 0.15) is 26.3 Å². The van der Waals surface area contributed by atoms with Gasteiger partial charge in [-0.3, -0.25) is 0 Å². The average Bonchev–Trinajstić information content (AvgIpc) is 2.48. The summed E-state index contributed by atoms with van der Waals surface area (Å²) in [5, 5.41) is 8.86. The summed E-state index contributed by atoms with van der Waals surface area (Å²) in [6.45, 7) is 0.264. The van der Waals surface area contributed by atoms with Crippen molar-refractivity contribution in [3.63, 3.8) is 0 Å². The van der Waals surface area contributed by atoms with Gasteiger partial charge < -0.3 is 9.84 Å². The quantitative estimate of drug-likeness (QED) is 0.848. The van der Waals surface area contributed by atoms with Crippen molar-refractivity contribution >= 4 is 11.9 Å². The van der Waals surface area contributed by atoms with E-state index in [0.717, 1.165) is 5.56 Å². The molecule has 4 nitrogen and oxygen atoms in total. The number of benzene rings is 2. The van der Waals surface area contributed by atoms with E-state index in [1.807, 2.05) is 30.3 Å². The minimum Gasteiger partial charge on any atom is -0.478 e. The summed E-state index contributed by atoms with van der Waals surface area (Å²) in [5.41, 5.74) is 1.40. The Hall–Kier alpha value is -2.62. The Morgan fingerprint density at radius 1 is 0.950 bits per heavy atom. The highest BCUT2D eigenvalue weighted by atomic mass is 16.5. The summed E-state index contributed by atoms with van der Waals surface area (Å²) >= 11 is 0. The molecule has 102 valence electrons. The average molecular weight is 270 g/mol. The number of esters is 1. The first-order valence-corrected chi connectivity index (χ1v) is 6.21. The fraction of sp³-hybridized carbons (Fsp3) is 0.125. The molecule has 0 heterocycles. The molecule has 0 spiro atoms. The van der Waals surface area contributed by atoms with Gasteiger partial charge in [-0.25, -0.2) is 9.59 Å². The molecule has 0 radical (unpaired) electrons. The molecule has 4 heteroatoms. The maximum atomic E-state index is 11.8. The second-order valence-corrected chi connectivity index (χ2v) is 4.26. The molecule has 2 aromatic rings. The number of aromatic carboxylic acids is 1. The molecule has 2 aromatic carbocycles. The first-order chi connectivity index (χ1) is 9.66. The van der Waals surface area contributed by atoms with Crippen LogP contribution in [0.4, 0.5) is 0 Å². The van der Waals surface area contributed by atoms with Crippen LogP contribution >= 0.6 is 0 Å². The standard InChI is InChI=1S/C16H14O4/c17-15(18)13-7-4-8-14(11-13)16(19)20-10-9-12-5-2-1-3-6-12/h1-8,11H,9-10H2,(H,17,18). The van der Waals surface area contributed by atoms with Crippen LogP contribution in [0.25, 0.3) is 0 Å². The minimum absolute atomic E-state index is 0.0718. The first kappa shape index (κ1) is 13.8. The zero-order valence-corrected chi connectivity index (χ0v) is 10.8. The molecular weight excluding hydrogens is 256 g/mol. The Labute approximate surface area is 116 Å². The number of carbonyl (C=O) groups excluding carboxylic acids is 1. The highest BCUT2D eigenvalue weighted by Crippen LogP contribution is 2.08. The third kappa shape index (κ3) is 3.68. The lowest BCUT2D eigenvalue weighted by atomic mass is 10.1. The van der Waals surface area contributed by atoms with Crippen LogP contribution < -0.4 is 0 Å². The first-order valence-electron chi connectivity index (χ1n) is 6.21. The highest BCUT2D eigenvalue weighted by molar-refractivity contribution is 5.94. The van der Waals surface area contributed by atoms with Crippen molar-refractivity contribution < 1.29 is 19.4 Å². The SMILES string of the molecule is O=C(O)c1cccc(C(=O)OCCc2ccccc2)c1. The van der Waals surface area contributed by atoms with E-state index < -0.39 is 11.9 Å². The maximum Gasteiger partial charge on any atom is 0.338 e. The molecule has 0 aliphatic rings. The molecule has 0 saturated carbocycles. The third-order valence-corrected chi connectivity index (χ3v) is 2.81. The van der Waals surface area contributed by atoms with Gasteiger partial charge in [-0.1, -0.05) is 36.4 Å². The molecule has 0 amide bonds. The molecule has 0 bridgehead atoms. The van der Waals surface area contributed by atoms with Crippen LogP contribution in [-0.2, 0) is 11.2 Å². The van der Waals surface area contributed by atoms with E-state index in [1.165, 1.54) is 24.3 Å². The van der Waals surface area contributed by atoms with Gasteiger partial charge in [0.1, 0.15) is 0 Å². The van der Waals surface area contributed by atoms with Crippen LogP contribution in [0.15, 0.2) is 54.6 Å². The van der Waals surface area contributed by atoms with E-state index in [2.05, 4.69) is 0 Å². The van der Waals surface area contributed by atoms with Crippen LogP contribution in [0.5, 0.6) is 0 Å². The van der Waals surface area contributed by atoms with E-state index in [-0.39, 0.29) is 17.7 Å². The van der Waals surface area contributed by atoms with E-state index in [0.29, 0.717) is 6.42 Å². The molecule has 1 N–H and O–H groups in total.